The molecular weight excluding hydrogens is 294 g/mol. The molecule has 3 nitrogen and oxygen atoms in total. The van der Waals surface area contributed by atoms with Crippen molar-refractivity contribution in [3.05, 3.63) is 89.3 Å². The SMILES string of the molecule is Clc1ccccc1CN(Cc1ccccc1)c1cnccn1. The normalized spacial score (nSPS) is 10.4. The summed E-state index contributed by atoms with van der Waals surface area (Å²) in [7, 11) is 0. The molecule has 0 aliphatic carbocycles. The molecule has 0 radical (unpaired) electrons. The van der Waals surface area contributed by atoms with Crippen LogP contribution >= 0.6 is 11.6 Å². The molecule has 0 aliphatic rings. The summed E-state index contributed by atoms with van der Waals surface area (Å²) in [5.41, 5.74) is 2.30. The average Bonchev–Trinajstić information content (AvgIpc) is 2.58. The lowest BCUT2D eigenvalue weighted by Crippen LogP contribution is -2.23. The minimum Gasteiger partial charge on any atom is -0.347 e. The van der Waals surface area contributed by atoms with Crippen LogP contribution in [0.5, 0.6) is 0 Å². The maximum Gasteiger partial charge on any atom is 0.147 e. The van der Waals surface area contributed by atoms with Crippen LogP contribution in [0.1, 0.15) is 11.1 Å². The van der Waals surface area contributed by atoms with Gasteiger partial charge in [-0.05, 0) is 17.2 Å². The quantitative estimate of drug-likeness (QED) is 0.702. The third kappa shape index (κ3) is 3.62. The Bertz CT molecular complexity index is 717. The van der Waals surface area contributed by atoms with Crippen LogP contribution in [0.2, 0.25) is 5.02 Å². The third-order valence-corrected chi connectivity index (χ3v) is 3.78. The summed E-state index contributed by atoms with van der Waals surface area (Å²) in [5.74, 6) is 0.839. The summed E-state index contributed by atoms with van der Waals surface area (Å²) in [6.45, 7) is 1.44. The van der Waals surface area contributed by atoms with Crippen molar-refractivity contribution in [2.24, 2.45) is 0 Å². The van der Waals surface area contributed by atoms with Gasteiger partial charge in [0.1, 0.15) is 5.82 Å². The van der Waals surface area contributed by atoms with Gasteiger partial charge in [0.2, 0.25) is 0 Å². The van der Waals surface area contributed by atoms with Crippen LogP contribution in [0, 0.1) is 0 Å². The molecule has 110 valence electrons. The van der Waals surface area contributed by atoms with Gasteiger partial charge in [-0.2, -0.15) is 0 Å². The first-order valence-electron chi connectivity index (χ1n) is 7.11. The fraction of sp³-hybridized carbons (Fsp3) is 0.111. The second kappa shape index (κ2) is 7.05. The van der Waals surface area contributed by atoms with E-state index in [2.05, 4.69) is 27.0 Å². The summed E-state index contributed by atoms with van der Waals surface area (Å²) >= 11 is 6.30. The Morgan fingerprint density at radius 3 is 2.36 bits per heavy atom. The second-order valence-corrected chi connectivity index (χ2v) is 5.40. The lowest BCUT2D eigenvalue weighted by atomic mass is 10.1. The topological polar surface area (TPSA) is 29.0 Å². The molecule has 0 saturated heterocycles. The monoisotopic (exact) mass is 309 g/mol. The van der Waals surface area contributed by atoms with Crippen molar-refractivity contribution in [1.82, 2.24) is 9.97 Å². The van der Waals surface area contributed by atoms with E-state index in [0.717, 1.165) is 22.9 Å². The van der Waals surface area contributed by atoms with Crippen molar-refractivity contribution in [2.45, 2.75) is 13.1 Å². The van der Waals surface area contributed by atoms with Crippen LogP contribution in [-0.2, 0) is 13.1 Å². The van der Waals surface area contributed by atoms with E-state index in [1.54, 1.807) is 18.6 Å². The molecule has 1 heterocycles. The molecule has 22 heavy (non-hydrogen) atoms. The first-order valence-corrected chi connectivity index (χ1v) is 7.49. The van der Waals surface area contributed by atoms with Gasteiger partial charge in [-0.25, -0.2) is 4.98 Å². The summed E-state index contributed by atoms with van der Waals surface area (Å²) in [4.78, 5) is 10.8. The van der Waals surface area contributed by atoms with E-state index in [1.165, 1.54) is 5.56 Å². The summed E-state index contributed by atoms with van der Waals surface area (Å²) < 4.78 is 0. The van der Waals surface area contributed by atoms with Gasteiger partial charge in [-0.3, -0.25) is 4.98 Å². The molecule has 0 N–H and O–H groups in total. The average molecular weight is 310 g/mol. The van der Waals surface area contributed by atoms with Crippen molar-refractivity contribution in [2.75, 3.05) is 4.90 Å². The van der Waals surface area contributed by atoms with Crippen LogP contribution in [0.25, 0.3) is 0 Å². The fourth-order valence-corrected chi connectivity index (χ4v) is 2.50. The van der Waals surface area contributed by atoms with E-state index in [1.807, 2.05) is 42.5 Å². The molecule has 1 aromatic heterocycles. The van der Waals surface area contributed by atoms with Gasteiger partial charge in [-0.15, -0.1) is 0 Å². The zero-order chi connectivity index (χ0) is 15.2. The van der Waals surface area contributed by atoms with Gasteiger partial charge in [0.05, 0.1) is 6.20 Å². The van der Waals surface area contributed by atoms with E-state index < -0.39 is 0 Å². The van der Waals surface area contributed by atoms with E-state index in [0.29, 0.717) is 6.54 Å². The first kappa shape index (κ1) is 14.5. The van der Waals surface area contributed by atoms with Crippen molar-refractivity contribution >= 4 is 17.4 Å². The van der Waals surface area contributed by atoms with Crippen molar-refractivity contribution in [3.63, 3.8) is 0 Å². The van der Waals surface area contributed by atoms with Crippen molar-refractivity contribution in [3.8, 4) is 0 Å². The molecule has 4 heteroatoms. The number of hydrogen-bond donors (Lipinski definition) is 0. The Hall–Kier alpha value is -2.39. The number of hydrogen-bond acceptors (Lipinski definition) is 3. The third-order valence-electron chi connectivity index (χ3n) is 3.41. The van der Waals surface area contributed by atoms with Crippen LogP contribution in [0.15, 0.2) is 73.2 Å². The van der Waals surface area contributed by atoms with E-state index in [4.69, 9.17) is 11.6 Å². The lowest BCUT2D eigenvalue weighted by molar-refractivity contribution is 0.779. The maximum absolute atomic E-state index is 6.30. The molecule has 0 atom stereocenters. The molecular formula is C18H16ClN3. The van der Waals surface area contributed by atoms with Gasteiger partial charge in [0.25, 0.3) is 0 Å². The van der Waals surface area contributed by atoms with Crippen LogP contribution < -0.4 is 4.90 Å². The molecule has 0 unspecified atom stereocenters. The highest BCUT2D eigenvalue weighted by atomic mass is 35.5. The Labute approximate surface area is 135 Å². The highest BCUT2D eigenvalue weighted by Gasteiger charge is 2.11. The molecule has 2 aromatic carbocycles. The van der Waals surface area contributed by atoms with Crippen LogP contribution in [0.4, 0.5) is 5.82 Å². The predicted octanol–water partition coefficient (Wildman–Crippen LogP) is 4.34. The van der Waals surface area contributed by atoms with Gasteiger partial charge in [0.15, 0.2) is 0 Å². The number of benzene rings is 2. The Balaban J connectivity index is 1.88. The second-order valence-electron chi connectivity index (χ2n) is 5.00. The van der Waals surface area contributed by atoms with Crippen molar-refractivity contribution in [1.29, 1.82) is 0 Å². The van der Waals surface area contributed by atoms with Gasteiger partial charge in [-0.1, -0.05) is 60.1 Å². The number of halogens is 1. The Morgan fingerprint density at radius 2 is 1.64 bits per heavy atom. The molecule has 0 saturated carbocycles. The van der Waals surface area contributed by atoms with Crippen molar-refractivity contribution < 1.29 is 0 Å². The predicted molar refractivity (Wildman–Crippen MR) is 89.8 cm³/mol. The number of rotatable bonds is 5. The van der Waals surface area contributed by atoms with Gasteiger partial charge >= 0.3 is 0 Å². The van der Waals surface area contributed by atoms with E-state index in [-0.39, 0.29) is 0 Å². The first-order chi connectivity index (χ1) is 10.8. The zero-order valence-electron chi connectivity index (χ0n) is 12.1. The lowest BCUT2D eigenvalue weighted by Gasteiger charge is -2.24. The molecule has 0 spiro atoms. The Kier molecular flexibility index (Phi) is 4.66. The van der Waals surface area contributed by atoms with E-state index in [9.17, 15) is 0 Å². The van der Waals surface area contributed by atoms with E-state index >= 15 is 0 Å². The summed E-state index contributed by atoms with van der Waals surface area (Å²) in [6.07, 6.45) is 5.17. The highest BCUT2D eigenvalue weighted by molar-refractivity contribution is 6.31. The zero-order valence-corrected chi connectivity index (χ0v) is 12.8. The Morgan fingerprint density at radius 1 is 0.864 bits per heavy atom. The minimum atomic E-state index is 0.688. The van der Waals surface area contributed by atoms with Crippen LogP contribution in [-0.4, -0.2) is 9.97 Å². The molecule has 0 amide bonds. The van der Waals surface area contributed by atoms with Gasteiger partial charge < -0.3 is 4.90 Å². The molecule has 0 bridgehead atoms. The highest BCUT2D eigenvalue weighted by Crippen LogP contribution is 2.21. The van der Waals surface area contributed by atoms with Crippen LogP contribution in [0.3, 0.4) is 0 Å². The maximum atomic E-state index is 6.30. The molecule has 0 aliphatic heterocycles. The summed E-state index contributed by atoms with van der Waals surface area (Å²) in [5, 5.41) is 0.768. The fourth-order valence-electron chi connectivity index (χ4n) is 2.31. The molecule has 0 fully saturated rings. The number of aromatic nitrogens is 2. The molecule has 3 aromatic rings. The smallest absolute Gasteiger partial charge is 0.147 e. The molecule has 3 rings (SSSR count). The van der Waals surface area contributed by atoms with Gasteiger partial charge in [0, 0.05) is 30.5 Å². The standard InChI is InChI=1S/C18H16ClN3/c19-17-9-5-4-8-16(17)14-22(18-12-20-10-11-21-18)13-15-6-2-1-3-7-15/h1-12H,13-14H2. The number of nitrogens with zero attached hydrogens (tertiary/aromatic N) is 3. The largest absolute Gasteiger partial charge is 0.347 e. The summed E-state index contributed by atoms with van der Waals surface area (Å²) in [6, 6.07) is 18.2. The minimum absolute atomic E-state index is 0.688. The number of anilines is 1.